The van der Waals surface area contributed by atoms with Crippen LogP contribution in [0.2, 0.25) is 5.15 Å². The predicted molar refractivity (Wildman–Crippen MR) is 57.1 cm³/mol. The van der Waals surface area contributed by atoms with Gasteiger partial charge in [-0.3, -0.25) is 4.79 Å². The van der Waals surface area contributed by atoms with Gasteiger partial charge in [0.15, 0.2) is 0 Å². The highest BCUT2D eigenvalue weighted by Crippen LogP contribution is 2.11. The van der Waals surface area contributed by atoms with Crippen LogP contribution in [0.1, 0.15) is 9.67 Å². The van der Waals surface area contributed by atoms with E-state index in [2.05, 4.69) is 19.9 Å². The number of nitrogens with one attached hydrogen (secondary N) is 1. The molecule has 0 aliphatic heterocycles. The molecular formula is C8H5ClN4OS. The number of nitrogens with zero attached hydrogens (tertiary/aromatic N) is 3. The Morgan fingerprint density at radius 1 is 1.47 bits per heavy atom. The van der Waals surface area contributed by atoms with Crippen LogP contribution in [0.4, 0.5) is 5.82 Å². The molecule has 76 valence electrons. The van der Waals surface area contributed by atoms with Crippen LogP contribution in [0, 0.1) is 0 Å². The molecule has 1 N–H and O–H groups in total. The summed E-state index contributed by atoms with van der Waals surface area (Å²) in [5, 5.41) is 6.47. The lowest BCUT2D eigenvalue weighted by Gasteiger charge is -2.01. The number of rotatable bonds is 2. The lowest BCUT2D eigenvalue weighted by atomic mass is 10.4. The molecule has 0 bridgehead atoms. The first-order valence-corrected chi connectivity index (χ1v) is 5.12. The van der Waals surface area contributed by atoms with E-state index in [0.29, 0.717) is 15.8 Å². The molecular weight excluding hydrogens is 236 g/mol. The van der Waals surface area contributed by atoms with Gasteiger partial charge >= 0.3 is 0 Å². The third-order valence-electron chi connectivity index (χ3n) is 1.54. The van der Waals surface area contributed by atoms with Gasteiger partial charge in [-0.1, -0.05) is 22.2 Å². The minimum absolute atomic E-state index is 0.292. The van der Waals surface area contributed by atoms with Crippen LogP contribution in [-0.4, -0.2) is 20.5 Å². The Kier molecular flexibility index (Phi) is 2.89. The molecule has 0 saturated carbocycles. The van der Waals surface area contributed by atoms with E-state index < -0.39 is 0 Å². The van der Waals surface area contributed by atoms with Crippen molar-refractivity contribution in [3.63, 3.8) is 0 Å². The monoisotopic (exact) mass is 240 g/mol. The molecule has 0 spiro atoms. The van der Waals surface area contributed by atoms with Crippen LogP contribution in [0.25, 0.3) is 0 Å². The Morgan fingerprint density at radius 2 is 2.33 bits per heavy atom. The Bertz CT molecular complexity index is 473. The molecule has 7 heteroatoms. The van der Waals surface area contributed by atoms with Crippen molar-refractivity contribution in [2.24, 2.45) is 0 Å². The maximum Gasteiger partial charge on any atom is 0.270 e. The Balaban J connectivity index is 2.13. The Labute approximate surface area is 94.3 Å². The molecule has 2 heterocycles. The molecule has 0 aromatic carbocycles. The van der Waals surface area contributed by atoms with Gasteiger partial charge < -0.3 is 5.32 Å². The molecule has 0 fully saturated rings. The summed E-state index contributed by atoms with van der Waals surface area (Å²) in [5.41, 5.74) is 0. The van der Waals surface area contributed by atoms with E-state index in [1.807, 2.05) is 0 Å². The van der Waals surface area contributed by atoms with Crippen molar-refractivity contribution >= 4 is 34.9 Å². The molecule has 0 radical (unpaired) electrons. The standard InChI is InChI=1S/C8H5ClN4OS/c9-6-2-1-3-7(11-6)12-8(14)5-4-10-13-15-5/h1-4H,(H,11,12,14). The van der Waals surface area contributed by atoms with Gasteiger partial charge in [-0.05, 0) is 23.7 Å². The first-order valence-electron chi connectivity index (χ1n) is 3.97. The summed E-state index contributed by atoms with van der Waals surface area (Å²) in [5.74, 6) is 0.112. The number of aromatic nitrogens is 3. The fourth-order valence-electron chi connectivity index (χ4n) is 0.923. The molecule has 5 nitrogen and oxygen atoms in total. The fourth-order valence-corrected chi connectivity index (χ4v) is 1.50. The second-order valence-corrected chi connectivity index (χ2v) is 3.75. The van der Waals surface area contributed by atoms with E-state index in [9.17, 15) is 4.79 Å². The van der Waals surface area contributed by atoms with Crippen LogP contribution < -0.4 is 5.32 Å². The molecule has 0 saturated heterocycles. The van der Waals surface area contributed by atoms with E-state index in [4.69, 9.17) is 11.6 Å². The third kappa shape index (κ3) is 2.48. The van der Waals surface area contributed by atoms with Gasteiger partial charge in [0, 0.05) is 0 Å². The second-order valence-electron chi connectivity index (χ2n) is 2.58. The van der Waals surface area contributed by atoms with Gasteiger partial charge in [0.05, 0.1) is 6.20 Å². The average molecular weight is 241 g/mol. The van der Waals surface area contributed by atoms with Crippen LogP contribution >= 0.6 is 23.1 Å². The SMILES string of the molecule is O=C(Nc1cccc(Cl)n1)c1cnns1. The summed E-state index contributed by atoms with van der Waals surface area (Å²) in [7, 11) is 0. The van der Waals surface area contributed by atoms with Gasteiger partial charge in [0.25, 0.3) is 5.91 Å². The number of hydrogen-bond donors (Lipinski definition) is 1. The summed E-state index contributed by atoms with van der Waals surface area (Å²) in [6.45, 7) is 0. The lowest BCUT2D eigenvalue weighted by Crippen LogP contribution is -2.11. The zero-order valence-corrected chi connectivity index (χ0v) is 8.92. The number of amides is 1. The summed E-state index contributed by atoms with van der Waals surface area (Å²) >= 11 is 6.69. The number of anilines is 1. The summed E-state index contributed by atoms with van der Waals surface area (Å²) < 4.78 is 3.59. The minimum atomic E-state index is -0.292. The van der Waals surface area contributed by atoms with Crippen LogP contribution in [0.15, 0.2) is 24.4 Å². The molecule has 1 amide bonds. The van der Waals surface area contributed by atoms with Gasteiger partial charge in [-0.15, -0.1) is 5.10 Å². The first kappa shape index (κ1) is 10.0. The van der Waals surface area contributed by atoms with Gasteiger partial charge in [0.2, 0.25) is 0 Å². The molecule has 0 unspecified atom stereocenters. The predicted octanol–water partition coefficient (Wildman–Crippen LogP) is 1.84. The van der Waals surface area contributed by atoms with Crippen molar-refractivity contribution in [1.29, 1.82) is 0 Å². The van der Waals surface area contributed by atoms with Crippen LogP contribution in [0.3, 0.4) is 0 Å². The maximum absolute atomic E-state index is 11.5. The number of pyridine rings is 1. The molecule has 2 aromatic heterocycles. The number of carbonyl (C=O) groups excluding carboxylic acids is 1. The highest BCUT2D eigenvalue weighted by molar-refractivity contribution is 7.07. The van der Waals surface area contributed by atoms with Crippen LogP contribution in [0.5, 0.6) is 0 Å². The van der Waals surface area contributed by atoms with E-state index in [1.54, 1.807) is 18.2 Å². The average Bonchev–Trinajstić information content (AvgIpc) is 2.70. The molecule has 15 heavy (non-hydrogen) atoms. The number of halogens is 1. The third-order valence-corrected chi connectivity index (χ3v) is 2.42. The highest BCUT2D eigenvalue weighted by atomic mass is 35.5. The largest absolute Gasteiger partial charge is 0.306 e. The maximum atomic E-state index is 11.5. The number of carbonyl (C=O) groups is 1. The van der Waals surface area contributed by atoms with Crippen molar-refractivity contribution < 1.29 is 4.79 Å². The fraction of sp³-hybridized carbons (Fsp3) is 0. The zero-order chi connectivity index (χ0) is 10.7. The van der Waals surface area contributed by atoms with Crippen LogP contribution in [-0.2, 0) is 0 Å². The molecule has 0 aliphatic rings. The summed E-state index contributed by atoms with van der Waals surface area (Å²) in [4.78, 5) is 15.9. The van der Waals surface area contributed by atoms with E-state index in [-0.39, 0.29) is 5.91 Å². The van der Waals surface area contributed by atoms with E-state index in [1.165, 1.54) is 6.20 Å². The van der Waals surface area contributed by atoms with Crippen molar-refractivity contribution in [2.45, 2.75) is 0 Å². The smallest absolute Gasteiger partial charge is 0.270 e. The normalized spacial score (nSPS) is 9.93. The van der Waals surface area contributed by atoms with E-state index in [0.717, 1.165) is 11.5 Å². The summed E-state index contributed by atoms with van der Waals surface area (Å²) in [6, 6.07) is 4.99. The quantitative estimate of drug-likeness (QED) is 0.814. The molecule has 0 aliphatic carbocycles. The van der Waals surface area contributed by atoms with Gasteiger partial charge in [0.1, 0.15) is 15.8 Å². The molecule has 2 aromatic rings. The Hall–Kier alpha value is -1.53. The first-order chi connectivity index (χ1) is 7.25. The topological polar surface area (TPSA) is 67.8 Å². The minimum Gasteiger partial charge on any atom is -0.306 e. The number of hydrogen-bond acceptors (Lipinski definition) is 5. The van der Waals surface area contributed by atoms with Gasteiger partial charge in [-0.2, -0.15) is 0 Å². The highest BCUT2D eigenvalue weighted by Gasteiger charge is 2.09. The van der Waals surface area contributed by atoms with E-state index >= 15 is 0 Å². The van der Waals surface area contributed by atoms with Crippen molar-refractivity contribution in [3.05, 3.63) is 34.4 Å². The second kappa shape index (κ2) is 4.33. The summed E-state index contributed by atoms with van der Waals surface area (Å²) in [6.07, 6.45) is 1.39. The molecule has 2 rings (SSSR count). The van der Waals surface area contributed by atoms with Gasteiger partial charge in [-0.25, -0.2) is 4.98 Å². The van der Waals surface area contributed by atoms with Crippen molar-refractivity contribution in [1.82, 2.24) is 14.6 Å². The Morgan fingerprint density at radius 3 is 3.00 bits per heavy atom. The van der Waals surface area contributed by atoms with Crippen molar-refractivity contribution in [2.75, 3.05) is 5.32 Å². The molecule has 0 atom stereocenters. The zero-order valence-electron chi connectivity index (χ0n) is 7.35. The van der Waals surface area contributed by atoms with Crippen molar-refractivity contribution in [3.8, 4) is 0 Å². The lowest BCUT2D eigenvalue weighted by molar-refractivity contribution is 0.103.